The van der Waals surface area contributed by atoms with Crippen molar-refractivity contribution in [1.29, 1.82) is 0 Å². The molecule has 0 bridgehead atoms. The third-order valence-corrected chi connectivity index (χ3v) is 4.83. The molecule has 0 saturated heterocycles. The molecule has 1 heterocycles. The van der Waals surface area contributed by atoms with Crippen LogP contribution < -0.4 is 15.4 Å². The highest BCUT2D eigenvalue weighted by atomic mass is 16.5. The number of benzene rings is 2. The lowest BCUT2D eigenvalue weighted by Crippen LogP contribution is -2.39. The molecule has 31 heavy (non-hydrogen) atoms. The zero-order chi connectivity index (χ0) is 22.2. The summed E-state index contributed by atoms with van der Waals surface area (Å²) < 4.78 is 12.5. The number of ether oxygens (including phenoxy) is 2. The van der Waals surface area contributed by atoms with E-state index in [1.807, 2.05) is 30.3 Å². The van der Waals surface area contributed by atoms with Gasteiger partial charge in [0.05, 0.1) is 18.2 Å². The lowest BCUT2D eigenvalue weighted by Gasteiger charge is -2.18. The topological polar surface area (TPSA) is 93.5 Å². The van der Waals surface area contributed by atoms with Gasteiger partial charge in [-0.25, -0.2) is 4.98 Å². The molecule has 1 aromatic heterocycles. The van der Waals surface area contributed by atoms with Gasteiger partial charge in [-0.2, -0.15) is 0 Å². The van der Waals surface area contributed by atoms with Gasteiger partial charge < -0.3 is 19.4 Å². The smallest absolute Gasteiger partial charge is 0.254 e. The Morgan fingerprint density at radius 2 is 1.84 bits per heavy atom. The van der Waals surface area contributed by atoms with Crippen LogP contribution in [-0.2, 0) is 22.5 Å². The Kier molecular flexibility index (Phi) is 7.56. The van der Waals surface area contributed by atoms with E-state index in [0.717, 1.165) is 11.1 Å². The van der Waals surface area contributed by atoms with E-state index in [9.17, 15) is 14.7 Å². The van der Waals surface area contributed by atoms with Crippen molar-refractivity contribution in [2.24, 2.45) is 0 Å². The normalized spacial score (nSPS) is 11.8. The molecule has 1 atom stereocenters. The van der Waals surface area contributed by atoms with Crippen LogP contribution in [-0.4, -0.2) is 34.8 Å². The van der Waals surface area contributed by atoms with E-state index in [1.54, 1.807) is 42.7 Å². The van der Waals surface area contributed by atoms with Crippen molar-refractivity contribution in [1.82, 2.24) is 9.55 Å². The van der Waals surface area contributed by atoms with Crippen molar-refractivity contribution in [3.63, 3.8) is 0 Å². The summed E-state index contributed by atoms with van der Waals surface area (Å²) in [5, 5.41) is 11.1. The second kappa shape index (κ2) is 10.5. The standard InChI is InChI=1S/C24H26N2O5/c1-3-30-22(24(28)29)15-18-9-11-20(12-10-18)31-14-13-26-17(2)25-21(16-23(26)27)19-7-5-4-6-8-19/h4-12,16,22H,3,13-15H2,1-2H3,(H,28,29)/p-1. The van der Waals surface area contributed by atoms with Crippen LogP contribution in [0.2, 0.25) is 0 Å². The first kappa shape index (κ1) is 22.2. The van der Waals surface area contributed by atoms with E-state index in [2.05, 4.69) is 4.98 Å². The van der Waals surface area contributed by atoms with E-state index in [-0.39, 0.29) is 12.0 Å². The maximum absolute atomic E-state index is 12.5. The fourth-order valence-corrected chi connectivity index (χ4v) is 3.25. The Morgan fingerprint density at radius 3 is 2.45 bits per heavy atom. The maximum atomic E-state index is 12.5. The van der Waals surface area contributed by atoms with Crippen molar-refractivity contribution < 1.29 is 19.4 Å². The van der Waals surface area contributed by atoms with Crippen molar-refractivity contribution in [3.8, 4) is 17.0 Å². The summed E-state index contributed by atoms with van der Waals surface area (Å²) in [5.41, 5.74) is 2.23. The van der Waals surface area contributed by atoms with Crippen molar-refractivity contribution in [2.45, 2.75) is 32.9 Å². The highest BCUT2D eigenvalue weighted by molar-refractivity contribution is 5.70. The highest BCUT2D eigenvalue weighted by Gasteiger charge is 2.11. The summed E-state index contributed by atoms with van der Waals surface area (Å²) in [4.78, 5) is 28.2. The van der Waals surface area contributed by atoms with Gasteiger partial charge in [-0.15, -0.1) is 0 Å². The molecule has 0 spiro atoms. The molecular formula is C24H25N2O5-. The second-order valence-electron chi connectivity index (χ2n) is 7.00. The summed E-state index contributed by atoms with van der Waals surface area (Å²) in [6.07, 6.45) is -0.747. The first-order valence-electron chi connectivity index (χ1n) is 10.2. The predicted octanol–water partition coefficient (Wildman–Crippen LogP) is 2.00. The van der Waals surface area contributed by atoms with Gasteiger partial charge in [-0.3, -0.25) is 9.36 Å². The molecule has 162 valence electrons. The van der Waals surface area contributed by atoms with Crippen LogP contribution in [0.4, 0.5) is 0 Å². The van der Waals surface area contributed by atoms with Crippen LogP contribution in [0.1, 0.15) is 18.3 Å². The van der Waals surface area contributed by atoms with E-state index >= 15 is 0 Å². The molecule has 0 aliphatic rings. The third-order valence-electron chi connectivity index (χ3n) is 4.83. The van der Waals surface area contributed by atoms with Crippen LogP contribution in [0.3, 0.4) is 0 Å². The summed E-state index contributed by atoms with van der Waals surface area (Å²) in [6, 6.07) is 18.2. The molecule has 7 heteroatoms. The summed E-state index contributed by atoms with van der Waals surface area (Å²) >= 11 is 0. The first-order valence-corrected chi connectivity index (χ1v) is 10.2. The van der Waals surface area contributed by atoms with Gasteiger partial charge in [0, 0.05) is 24.7 Å². The van der Waals surface area contributed by atoms with Gasteiger partial charge in [0.1, 0.15) is 24.3 Å². The van der Waals surface area contributed by atoms with Crippen LogP contribution >= 0.6 is 0 Å². The minimum absolute atomic E-state index is 0.130. The number of carbonyl (C=O) groups is 1. The van der Waals surface area contributed by atoms with Crippen molar-refractivity contribution >= 4 is 5.97 Å². The van der Waals surface area contributed by atoms with Crippen LogP contribution in [0.5, 0.6) is 5.75 Å². The molecule has 0 aliphatic heterocycles. The minimum atomic E-state index is -1.23. The van der Waals surface area contributed by atoms with Crippen LogP contribution in [0.25, 0.3) is 11.3 Å². The number of aryl methyl sites for hydroxylation is 1. The Bertz CT molecular complexity index is 1060. The average molecular weight is 421 g/mol. The molecule has 7 nitrogen and oxygen atoms in total. The predicted molar refractivity (Wildman–Crippen MR) is 115 cm³/mol. The zero-order valence-electron chi connectivity index (χ0n) is 17.6. The quantitative estimate of drug-likeness (QED) is 0.497. The van der Waals surface area contributed by atoms with E-state index in [4.69, 9.17) is 9.47 Å². The molecule has 0 radical (unpaired) electrons. The van der Waals surface area contributed by atoms with Gasteiger partial charge in [-0.1, -0.05) is 42.5 Å². The molecule has 0 aliphatic carbocycles. The average Bonchev–Trinajstić information content (AvgIpc) is 2.76. The first-order chi connectivity index (χ1) is 15.0. The van der Waals surface area contributed by atoms with Gasteiger partial charge in [-0.05, 0) is 31.5 Å². The molecule has 0 fully saturated rings. The molecule has 0 N–H and O–H groups in total. The van der Waals surface area contributed by atoms with E-state index < -0.39 is 12.1 Å². The van der Waals surface area contributed by atoms with Crippen LogP contribution in [0, 0.1) is 6.92 Å². The SMILES string of the molecule is CCOC(Cc1ccc(OCCn2c(C)nc(-c3ccccc3)cc2=O)cc1)C(=O)[O-]. The summed E-state index contributed by atoms with van der Waals surface area (Å²) in [5.74, 6) is 0.0224. The Labute approximate surface area is 180 Å². The number of rotatable bonds is 10. The summed E-state index contributed by atoms with van der Waals surface area (Å²) in [6.45, 7) is 4.51. The number of nitrogens with zero attached hydrogens (tertiary/aromatic N) is 2. The molecule has 0 amide bonds. The maximum Gasteiger partial charge on any atom is 0.254 e. The van der Waals surface area contributed by atoms with Gasteiger partial charge in [0.2, 0.25) is 0 Å². The Hall–Kier alpha value is -3.45. The Balaban J connectivity index is 1.59. The minimum Gasteiger partial charge on any atom is -0.547 e. The van der Waals surface area contributed by atoms with Gasteiger partial charge in [0.25, 0.3) is 5.56 Å². The fraction of sp³-hybridized carbons (Fsp3) is 0.292. The lowest BCUT2D eigenvalue weighted by atomic mass is 10.1. The number of carbonyl (C=O) groups excluding carboxylic acids is 1. The molecule has 3 rings (SSSR count). The molecule has 1 unspecified atom stereocenters. The zero-order valence-corrected chi connectivity index (χ0v) is 17.6. The monoisotopic (exact) mass is 421 g/mol. The van der Waals surface area contributed by atoms with Gasteiger partial charge in [0.15, 0.2) is 0 Å². The highest BCUT2D eigenvalue weighted by Crippen LogP contribution is 2.16. The molecule has 3 aromatic rings. The number of carboxylic acid groups (broad SMARTS) is 1. The fourth-order valence-electron chi connectivity index (χ4n) is 3.25. The lowest BCUT2D eigenvalue weighted by molar-refractivity contribution is -0.316. The number of carboxylic acids is 1. The van der Waals surface area contributed by atoms with Crippen molar-refractivity contribution in [3.05, 3.63) is 82.4 Å². The largest absolute Gasteiger partial charge is 0.547 e. The molecule has 2 aromatic carbocycles. The van der Waals surface area contributed by atoms with Crippen molar-refractivity contribution in [2.75, 3.05) is 13.2 Å². The van der Waals surface area contributed by atoms with E-state index in [0.29, 0.717) is 37.0 Å². The number of hydrogen-bond donors (Lipinski definition) is 0. The van der Waals surface area contributed by atoms with Gasteiger partial charge >= 0.3 is 0 Å². The van der Waals surface area contributed by atoms with E-state index in [1.165, 1.54) is 6.07 Å². The summed E-state index contributed by atoms with van der Waals surface area (Å²) in [7, 11) is 0. The third kappa shape index (κ3) is 6.02. The number of aliphatic carboxylic acids is 1. The Morgan fingerprint density at radius 1 is 1.13 bits per heavy atom. The number of aromatic nitrogens is 2. The second-order valence-corrected chi connectivity index (χ2v) is 7.00. The molecule has 0 saturated carbocycles. The molecular weight excluding hydrogens is 396 g/mol. The number of hydrogen-bond acceptors (Lipinski definition) is 6. The van der Waals surface area contributed by atoms with Crippen LogP contribution in [0.15, 0.2) is 65.5 Å².